The summed E-state index contributed by atoms with van der Waals surface area (Å²) < 4.78 is 58.3. The van der Waals surface area contributed by atoms with E-state index in [2.05, 4.69) is 20.5 Å². The average molecular weight is 556 g/mol. The smallest absolute Gasteiger partial charge is 0.384 e. The Kier molecular flexibility index (Phi) is 6.40. The fourth-order valence-electron chi connectivity index (χ4n) is 5.53. The van der Waals surface area contributed by atoms with Gasteiger partial charge < -0.3 is 9.67 Å². The molecule has 2 atom stereocenters. The van der Waals surface area contributed by atoms with Crippen molar-refractivity contribution in [3.8, 4) is 5.69 Å². The average Bonchev–Trinajstić information content (AvgIpc) is 3.52. The van der Waals surface area contributed by atoms with E-state index in [9.17, 15) is 22.7 Å². The molecule has 0 spiro atoms. The van der Waals surface area contributed by atoms with Crippen molar-refractivity contribution in [1.82, 2.24) is 23.6 Å². The third kappa shape index (κ3) is 4.68. The molecule has 1 aliphatic heterocycles. The van der Waals surface area contributed by atoms with Crippen molar-refractivity contribution in [1.29, 1.82) is 0 Å². The number of hydrogen-bond donors (Lipinski definition) is 1. The first-order valence-corrected chi connectivity index (χ1v) is 13.2. The van der Waals surface area contributed by atoms with Gasteiger partial charge in [0.05, 0.1) is 23.1 Å². The summed E-state index contributed by atoms with van der Waals surface area (Å²) in [5, 5.41) is 16.4. The number of aromatic nitrogens is 4. The standard InChI is InChI=1S/C28H25F4N5OS/c1-35-13-11-33-26(35)25(38)27-15-18-16-34-37(22-6-4-21(29)5-7-22)24(18)14-20(27)10-12-36(17-27)39-23-8-2-19(3-9-23)28(30,31)32/h2-9,11,13-14,16,25,38H,10,12,15,17H2,1H3. The van der Waals surface area contributed by atoms with E-state index in [1.165, 1.54) is 36.2 Å². The van der Waals surface area contributed by atoms with Crippen LogP contribution in [0.15, 0.2) is 77.6 Å². The monoisotopic (exact) mass is 555 g/mol. The number of hydrogen-bond acceptors (Lipinski definition) is 5. The molecule has 0 radical (unpaired) electrons. The molecule has 2 aliphatic rings. The number of aliphatic hydroxyl groups excluding tert-OH is 1. The van der Waals surface area contributed by atoms with Crippen LogP contribution in [0, 0.1) is 11.2 Å². The molecule has 0 saturated carbocycles. The molecular formula is C28H25F4N5OS. The molecule has 1 aliphatic carbocycles. The second-order valence-corrected chi connectivity index (χ2v) is 11.1. The van der Waals surface area contributed by atoms with Gasteiger partial charge in [-0.2, -0.15) is 18.3 Å². The van der Waals surface area contributed by atoms with Gasteiger partial charge in [0.2, 0.25) is 0 Å². The molecule has 39 heavy (non-hydrogen) atoms. The lowest BCUT2D eigenvalue weighted by molar-refractivity contribution is -0.137. The molecule has 11 heteroatoms. The van der Waals surface area contributed by atoms with Crippen LogP contribution in [0.25, 0.3) is 11.8 Å². The SMILES string of the molecule is Cn1ccnc1C(O)C12Cc3cnn(-c4ccc(F)cc4)c3C=C1CCN(Sc1ccc(C(F)(F)F)cc1)C2. The highest BCUT2D eigenvalue weighted by molar-refractivity contribution is 7.97. The van der Waals surface area contributed by atoms with Gasteiger partial charge in [0.15, 0.2) is 0 Å². The Morgan fingerprint density at radius 3 is 2.49 bits per heavy atom. The second kappa shape index (κ2) is 9.65. The summed E-state index contributed by atoms with van der Waals surface area (Å²) in [5.41, 5.74) is 2.22. The van der Waals surface area contributed by atoms with Crippen LogP contribution in [0.5, 0.6) is 0 Å². The van der Waals surface area contributed by atoms with Crippen LogP contribution in [-0.4, -0.2) is 41.8 Å². The summed E-state index contributed by atoms with van der Waals surface area (Å²) in [6, 6.07) is 11.3. The molecule has 2 unspecified atom stereocenters. The molecule has 1 fully saturated rings. The fraction of sp³-hybridized carbons (Fsp3) is 0.286. The van der Waals surface area contributed by atoms with Crippen LogP contribution in [0.1, 0.15) is 35.2 Å². The minimum Gasteiger partial charge on any atom is -0.384 e. The number of aliphatic hydroxyl groups is 1. The number of fused-ring (bicyclic) bond motifs is 2. The van der Waals surface area contributed by atoms with Crippen molar-refractivity contribution < 1.29 is 22.7 Å². The van der Waals surface area contributed by atoms with Crippen molar-refractivity contribution in [2.75, 3.05) is 13.1 Å². The number of alkyl halides is 3. The first-order valence-electron chi connectivity index (χ1n) is 12.4. The van der Waals surface area contributed by atoms with E-state index in [1.807, 2.05) is 7.05 Å². The van der Waals surface area contributed by atoms with E-state index in [0.29, 0.717) is 36.7 Å². The molecule has 2 aromatic carbocycles. The molecule has 2 aromatic heterocycles. The quantitative estimate of drug-likeness (QED) is 0.248. The predicted molar refractivity (Wildman–Crippen MR) is 139 cm³/mol. The molecule has 6 nitrogen and oxygen atoms in total. The van der Waals surface area contributed by atoms with Crippen LogP contribution in [0.2, 0.25) is 0 Å². The molecule has 0 bridgehead atoms. The Balaban J connectivity index is 1.35. The minimum absolute atomic E-state index is 0.326. The maximum atomic E-state index is 13.5. The normalized spacial score (nSPS) is 20.3. The molecule has 1 N–H and O–H groups in total. The zero-order valence-corrected chi connectivity index (χ0v) is 21.8. The Bertz CT molecular complexity index is 1530. The summed E-state index contributed by atoms with van der Waals surface area (Å²) in [4.78, 5) is 5.13. The summed E-state index contributed by atoms with van der Waals surface area (Å²) in [6.45, 7) is 1.10. The van der Waals surface area contributed by atoms with Crippen LogP contribution in [0.3, 0.4) is 0 Å². The van der Waals surface area contributed by atoms with Crippen LogP contribution in [-0.2, 0) is 19.6 Å². The molecule has 202 valence electrons. The van der Waals surface area contributed by atoms with E-state index in [4.69, 9.17) is 0 Å². The minimum atomic E-state index is -4.39. The van der Waals surface area contributed by atoms with E-state index in [1.54, 1.807) is 40.0 Å². The third-order valence-corrected chi connectivity index (χ3v) is 8.60. The van der Waals surface area contributed by atoms with Crippen molar-refractivity contribution in [3.05, 3.63) is 101 Å². The van der Waals surface area contributed by atoms with E-state index in [-0.39, 0.29) is 5.82 Å². The summed E-state index contributed by atoms with van der Waals surface area (Å²) in [7, 11) is 1.84. The topological polar surface area (TPSA) is 59.1 Å². The van der Waals surface area contributed by atoms with E-state index >= 15 is 0 Å². The number of benzene rings is 2. The highest BCUT2D eigenvalue weighted by Gasteiger charge is 2.50. The van der Waals surface area contributed by atoms with Gasteiger partial charge in [-0.25, -0.2) is 18.4 Å². The lowest BCUT2D eigenvalue weighted by Gasteiger charge is -2.48. The summed E-state index contributed by atoms with van der Waals surface area (Å²) >= 11 is 1.39. The number of imidazole rings is 1. The largest absolute Gasteiger partial charge is 0.416 e. The number of halogens is 4. The van der Waals surface area contributed by atoms with Crippen LogP contribution in [0.4, 0.5) is 17.6 Å². The van der Waals surface area contributed by atoms with Gasteiger partial charge in [0, 0.05) is 42.8 Å². The van der Waals surface area contributed by atoms with Gasteiger partial charge in [0.1, 0.15) is 17.7 Å². The number of rotatable bonds is 5. The predicted octanol–water partition coefficient (Wildman–Crippen LogP) is 5.84. The highest BCUT2D eigenvalue weighted by atomic mass is 32.2. The maximum absolute atomic E-state index is 13.5. The molecule has 1 saturated heterocycles. The zero-order valence-electron chi connectivity index (χ0n) is 20.9. The molecule has 6 rings (SSSR count). The number of aryl methyl sites for hydroxylation is 1. The van der Waals surface area contributed by atoms with Crippen LogP contribution < -0.4 is 0 Å². The van der Waals surface area contributed by atoms with Crippen molar-refractivity contribution in [2.24, 2.45) is 12.5 Å². The van der Waals surface area contributed by atoms with Crippen molar-refractivity contribution in [3.63, 3.8) is 0 Å². The summed E-state index contributed by atoms with van der Waals surface area (Å²) in [5.74, 6) is 0.213. The lowest BCUT2D eigenvalue weighted by Crippen LogP contribution is -2.48. The van der Waals surface area contributed by atoms with Gasteiger partial charge >= 0.3 is 6.18 Å². The van der Waals surface area contributed by atoms with Gasteiger partial charge in [0.25, 0.3) is 0 Å². The Morgan fingerprint density at radius 1 is 1.08 bits per heavy atom. The van der Waals surface area contributed by atoms with Gasteiger partial charge in [-0.3, -0.25) is 0 Å². The lowest BCUT2D eigenvalue weighted by atomic mass is 9.65. The number of piperidine rings is 1. The molecule has 0 amide bonds. The highest BCUT2D eigenvalue weighted by Crippen LogP contribution is 2.52. The Labute approximate surface area is 226 Å². The Morgan fingerprint density at radius 2 is 1.82 bits per heavy atom. The fourth-order valence-corrected chi connectivity index (χ4v) is 6.56. The zero-order chi connectivity index (χ0) is 27.4. The third-order valence-electron chi connectivity index (χ3n) is 7.55. The Hall–Kier alpha value is -3.41. The molecule has 3 heterocycles. The van der Waals surface area contributed by atoms with Gasteiger partial charge in [-0.15, -0.1) is 0 Å². The first kappa shape index (κ1) is 25.8. The van der Waals surface area contributed by atoms with E-state index < -0.39 is 23.3 Å². The van der Waals surface area contributed by atoms with Crippen molar-refractivity contribution in [2.45, 2.75) is 30.0 Å². The summed E-state index contributed by atoms with van der Waals surface area (Å²) in [6.07, 6.45) is 3.11. The number of nitrogens with zero attached hydrogens (tertiary/aromatic N) is 5. The maximum Gasteiger partial charge on any atom is 0.416 e. The molecular weight excluding hydrogens is 530 g/mol. The van der Waals surface area contributed by atoms with Gasteiger partial charge in [-0.1, -0.05) is 5.57 Å². The van der Waals surface area contributed by atoms with Crippen molar-refractivity contribution >= 4 is 18.0 Å². The van der Waals surface area contributed by atoms with Crippen LogP contribution >= 0.6 is 11.9 Å². The molecule has 4 aromatic rings. The van der Waals surface area contributed by atoms with Gasteiger partial charge in [-0.05, 0) is 85.0 Å². The second-order valence-electron chi connectivity index (χ2n) is 9.97. The first-order chi connectivity index (χ1) is 18.6. The van der Waals surface area contributed by atoms with E-state index in [0.717, 1.165) is 34.7 Å².